The van der Waals surface area contributed by atoms with E-state index in [9.17, 15) is 4.79 Å². The standard InChI is InChI=1S/C9H9Br2NO2.C2H6/c1-12(14-2)9(13)6-3-7(10)5-8(11)4-6;1-2/h3-5H,1-2H3;1-2H3. The van der Waals surface area contributed by atoms with Crippen LogP contribution < -0.4 is 0 Å². The lowest BCUT2D eigenvalue weighted by Crippen LogP contribution is -2.25. The highest BCUT2D eigenvalue weighted by Crippen LogP contribution is 2.20. The van der Waals surface area contributed by atoms with Gasteiger partial charge in [0.15, 0.2) is 0 Å². The van der Waals surface area contributed by atoms with Gasteiger partial charge in [-0.15, -0.1) is 0 Å². The Balaban J connectivity index is 0.00000106. The van der Waals surface area contributed by atoms with Crippen LogP contribution in [0.1, 0.15) is 24.2 Å². The van der Waals surface area contributed by atoms with Crippen LogP contribution in [0.2, 0.25) is 0 Å². The number of halogens is 2. The SMILES string of the molecule is CC.CON(C)C(=O)c1cc(Br)cc(Br)c1. The molecule has 0 bridgehead atoms. The second-order valence-corrected chi connectivity index (χ2v) is 4.47. The van der Waals surface area contributed by atoms with Crippen LogP contribution >= 0.6 is 31.9 Å². The van der Waals surface area contributed by atoms with Crippen LogP contribution in [0, 0.1) is 0 Å². The molecule has 1 amide bonds. The average Bonchev–Trinajstić information content (AvgIpc) is 2.28. The molecule has 0 radical (unpaired) electrons. The van der Waals surface area contributed by atoms with E-state index >= 15 is 0 Å². The Bertz CT molecular complexity index is 336. The summed E-state index contributed by atoms with van der Waals surface area (Å²) >= 11 is 6.62. The first kappa shape index (κ1) is 15.6. The van der Waals surface area contributed by atoms with E-state index in [1.165, 1.54) is 12.2 Å². The molecule has 3 nitrogen and oxygen atoms in total. The summed E-state index contributed by atoms with van der Waals surface area (Å²) in [5, 5.41) is 1.17. The molecule has 0 aliphatic rings. The summed E-state index contributed by atoms with van der Waals surface area (Å²) in [5.41, 5.74) is 0.565. The number of hydrogen-bond acceptors (Lipinski definition) is 2. The third-order valence-electron chi connectivity index (χ3n) is 1.67. The zero-order valence-electron chi connectivity index (χ0n) is 9.75. The van der Waals surface area contributed by atoms with Gasteiger partial charge in [0.2, 0.25) is 0 Å². The van der Waals surface area contributed by atoms with Crippen LogP contribution in [0.3, 0.4) is 0 Å². The maximum Gasteiger partial charge on any atom is 0.277 e. The normalized spacial score (nSPS) is 9.12. The van der Waals surface area contributed by atoms with E-state index in [0.717, 1.165) is 8.95 Å². The van der Waals surface area contributed by atoms with Gasteiger partial charge in [0.1, 0.15) is 0 Å². The van der Waals surface area contributed by atoms with Crippen molar-refractivity contribution < 1.29 is 9.63 Å². The summed E-state index contributed by atoms with van der Waals surface area (Å²) in [4.78, 5) is 16.4. The van der Waals surface area contributed by atoms with Gasteiger partial charge >= 0.3 is 0 Å². The third kappa shape index (κ3) is 4.63. The molecule has 1 rings (SSSR count). The average molecular weight is 353 g/mol. The lowest BCUT2D eigenvalue weighted by Gasteiger charge is -2.13. The number of carbonyl (C=O) groups excluding carboxylic acids is 1. The smallest absolute Gasteiger partial charge is 0.274 e. The van der Waals surface area contributed by atoms with Crippen molar-refractivity contribution in [2.45, 2.75) is 13.8 Å². The van der Waals surface area contributed by atoms with Crippen molar-refractivity contribution in [3.8, 4) is 0 Å². The highest BCUT2D eigenvalue weighted by Gasteiger charge is 2.12. The number of rotatable bonds is 2. The van der Waals surface area contributed by atoms with Crippen molar-refractivity contribution in [2.75, 3.05) is 14.2 Å². The van der Waals surface area contributed by atoms with Gasteiger partial charge in [0.05, 0.1) is 7.11 Å². The summed E-state index contributed by atoms with van der Waals surface area (Å²) in [5.74, 6) is -0.186. The van der Waals surface area contributed by atoms with E-state index in [-0.39, 0.29) is 5.91 Å². The van der Waals surface area contributed by atoms with E-state index in [1.54, 1.807) is 19.2 Å². The van der Waals surface area contributed by atoms with Gasteiger partial charge in [-0.05, 0) is 18.2 Å². The van der Waals surface area contributed by atoms with Crippen molar-refractivity contribution in [1.29, 1.82) is 0 Å². The Labute approximate surface area is 113 Å². The quantitative estimate of drug-likeness (QED) is 0.756. The second-order valence-electron chi connectivity index (χ2n) is 2.64. The molecule has 0 saturated carbocycles. The lowest BCUT2D eigenvalue weighted by molar-refractivity contribution is -0.0757. The molecule has 0 atom stereocenters. The molecular weight excluding hydrogens is 338 g/mol. The zero-order valence-corrected chi connectivity index (χ0v) is 12.9. The fourth-order valence-corrected chi connectivity index (χ4v) is 2.24. The summed E-state index contributed by atoms with van der Waals surface area (Å²) in [7, 11) is 3.02. The van der Waals surface area contributed by atoms with Crippen molar-refractivity contribution in [1.82, 2.24) is 5.06 Å². The van der Waals surface area contributed by atoms with Gasteiger partial charge in [0.25, 0.3) is 5.91 Å². The predicted molar refractivity (Wildman–Crippen MR) is 72.3 cm³/mol. The Morgan fingerprint density at radius 2 is 1.62 bits per heavy atom. The molecule has 0 aliphatic carbocycles. The molecule has 0 aliphatic heterocycles. The number of hydrogen-bond donors (Lipinski definition) is 0. The van der Waals surface area contributed by atoms with E-state index in [4.69, 9.17) is 4.84 Å². The van der Waals surface area contributed by atoms with Crippen LogP contribution in [-0.4, -0.2) is 25.1 Å². The zero-order chi connectivity index (χ0) is 12.7. The van der Waals surface area contributed by atoms with Crippen molar-refractivity contribution in [3.63, 3.8) is 0 Å². The van der Waals surface area contributed by atoms with Crippen molar-refractivity contribution >= 4 is 37.8 Å². The van der Waals surface area contributed by atoms with Crippen LogP contribution in [0.15, 0.2) is 27.1 Å². The fourth-order valence-electron chi connectivity index (χ4n) is 0.942. The largest absolute Gasteiger partial charge is 0.277 e. The molecule has 0 fully saturated rings. The molecule has 0 spiro atoms. The molecule has 0 heterocycles. The van der Waals surface area contributed by atoms with Gasteiger partial charge in [0, 0.05) is 21.6 Å². The Morgan fingerprint density at radius 1 is 1.19 bits per heavy atom. The maximum atomic E-state index is 11.6. The van der Waals surface area contributed by atoms with Gasteiger partial charge in [-0.3, -0.25) is 9.63 Å². The molecule has 90 valence electrons. The predicted octanol–water partition coefficient (Wildman–Crippen LogP) is 3.87. The first-order chi connectivity index (χ1) is 7.54. The van der Waals surface area contributed by atoms with E-state index in [1.807, 2.05) is 19.9 Å². The fraction of sp³-hybridized carbons (Fsp3) is 0.364. The molecular formula is C11H15Br2NO2. The minimum Gasteiger partial charge on any atom is -0.274 e. The Hall–Kier alpha value is -0.390. The van der Waals surface area contributed by atoms with E-state index in [2.05, 4.69) is 31.9 Å². The second kappa shape index (κ2) is 7.81. The number of benzene rings is 1. The summed E-state index contributed by atoms with van der Waals surface area (Å²) in [6.45, 7) is 4.00. The lowest BCUT2D eigenvalue weighted by atomic mass is 10.2. The molecule has 0 unspecified atom stereocenters. The maximum absolute atomic E-state index is 11.6. The molecule has 16 heavy (non-hydrogen) atoms. The monoisotopic (exact) mass is 351 g/mol. The number of carbonyl (C=O) groups is 1. The van der Waals surface area contributed by atoms with Gasteiger partial charge in [-0.1, -0.05) is 45.7 Å². The molecule has 1 aromatic carbocycles. The van der Waals surface area contributed by atoms with Gasteiger partial charge < -0.3 is 0 Å². The molecule has 0 saturated heterocycles. The van der Waals surface area contributed by atoms with Gasteiger partial charge in [-0.25, -0.2) is 5.06 Å². The van der Waals surface area contributed by atoms with Gasteiger partial charge in [-0.2, -0.15) is 0 Å². The molecule has 1 aromatic rings. The summed E-state index contributed by atoms with van der Waals surface area (Å²) in [6.07, 6.45) is 0. The number of nitrogens with zero attached hydrogens (tertiary/aromatic N) is 1. The highest BCUT2D eigenvalue weighted by atomic mass is 79.9. The molecule has 0 N–H and O–H groups in total. The first-order valence-corrected chi connectivity index (χ1v) is 6.41. The Kier molecular flexibility index (Phi) is 7.62. The van der Waals surface area contributed by atoms with E-state index in [0.29, 0.717) is 5.56 Å². The number of amides is 1. The van der Waals surface area contributed by atoms with E-state index < -0.39 is 0 Å². The highest BCUT2D eigenvalue weighted by molar-refractivity contribution is 9.11. The van der Waals surface area contributed by atoms with Crippen molar-refractivity contribution in [3.05, 3.63) is 32.7 Å². The topological polar surface area (TPSA) is 29.5 Å². The Morgan fingerprint density at radius 3 is 2.00 bits per heavy atom. The number of hydroxylamine groups is 2. The van der Waals surface area contributed by atoms with Crippen LogP contribution in [-0.2, 0) is 4.84 Å². The molecule has 0 aromatic heterocycles. The summed E-state index contributed by atoms with van der Waals surface area (Å²) < 4.78 is 1.69. The van der Waals surface area contributed by atoms with Crippen LogP contribution in [0.5, 0.6) is 0 Å². The van der Waals surface area contributed by atoms with Crippen molar-refractivity contribution in [2.24, 2.45) is 0 Å². The van der Waals surface area contributed by atoms with Crippen LogP contribution in [0.25, 0.3) is 0 Å². The first-order valence-electron chi connectivity index (χ1n) is 4.83. The third-order valence-corrected chi connectivity index (χ3v) is 2.59. The summed E-state index contributed by atoms with van der Waals surface area (Å²) in [6, 6.07) is 5.34. The minimum absolute atomic E-state index is 0.186. The minimum atomic E-state index is -0.186. The van der Waals surface area contributed by atoms with Crippen LogP contribution in [0.4, 0.5) is 0 Å². The molecule has 5 heteroatoms.